The number of hydrogen-bond donors (Lipinski definition) is 2. The highest BCUT2D eigenvalue weighted by Crippen LogP contribution is 2.23. The van der Waals surface area contributed by atoms with Crippen LogP contribution in [-0.4, -0.2) is 38.2 Å². The van der Waals surface area contributed by atoms with Crippen molar-refractivity contribution in [3.8, 4) is 5.75 Å². The smallest absolute Gasteiger partial charge is 0.191 e. The number of ether oxygens (including phenoxy) is 1. The van der Waals surface area contributed by atoms with E-state index in [-0.39, 0.29) is 0 Å². The molecule has 0 fully saturated rings. The maximum atomic E-state index is 5.98. The number of methoxy groups -OCH3 is 1. The van der Waals surface area contributed by atoms with Crippen LogP contribution in [0, 0.1) is 0 Å². The Balaban J connectivity index is 2.57. The van der Waals surface area contributed by atoms with Crippen molar-refractivity contribution in [2.45, 2.75) is 26.3 Å². The van der Waals surface area contributed by atoms with Gasteiger partial charge in [-0.3, -0.25) is 0 Å². The number of nitrogens with one attached hydrogen (secondary N) is 2. The Morgan fingerprint density at radius 2 is 2.14 bits per heavy atom. The minimum Gasteiger partial charge on any atom is -0.496 e. The van der Waals surface area contributed by atoms with Gasteiger partial charge in [-0.25, -0.2) is 4.99 Å². The average Bonchev–Trinajstić information content (AvgIpc) is 2.53. The van der Waals surface area contributed by atoms with E-state index in [1.165, 1.54) is 12.2 Å². The fourth-order valence-corrected chi connectivity index (χ4v) is 2.59. The monoisotopic (exact) mass is 343 g/mol. The summed E-state index contributed by atoms with van der Waals surface area (Å²) in [7, 11) is 1.65. The fraction of sp³-hybridized carbons (Fsp3) is 0.562. The lowest BCUT2D eigenvalue weighted by molar-refractivity contribution is 0.410. The highest BCUT2D eigenvalue weighted by molar-refractivity contribution is 7.98. The topological polar surface area (TPSA) is 45.7 Å². The molecule has 0 atom stereocenters. The Hall–Kier alpha value is -1.07. The molecule has 0 saturated heterocycles. The molecule has 0 radical (unpaired) electrons. The number of thioether (sulfide) groups is 1. The first-order chi connectivity index (χ1) is 10.7. The van der Waals surface area contributed by atoms with Gasteiger partial charge < -0.3 is 15.4 Å². The molecule has 1 rings (SSSR count). The Bertz CT molecular complexity index is 469. The molecule has 22 heavy (non-hydrogen) atoms. The minimum absolute atomic E-state index is 0.556. The van der Waals surface area contributed by atoms with Crippen molar-refractivity contribution in [1.82, 2.24) is 10.6 Å². The van der Waals surface area contributed by atoms with Crippen molar-refractivity contribution >= 4 is 29.3 Å². The molecule has 0 aliphatic heterocycles. The molecule has 0 spiro atoms. The van der Waals surface area contributed by atoms with E-state index < -0.39 is 0 Å². The van der Waals surface area contributed by atoms with Crippen LogP contribution in [0.25, 0.3) is 0 Å². The van der Waals surface area contributed by atoms with Gasteiger partial charge in [-0.1, -0.05) is 17.7 Å². The van der Waals surface area contributed by atoms with Crippen molar-refractivity contribution in [1.29, 1.82) is 0 Å². The summed E-state index contributed by atoms with van der Waals surface area (Å²) < 4.78 is 5.35. The molecule has 0 aliphatic carbocycles. The number of unbranched alkanes of at least 4 members (excludes halogenated alkanes) is 1. The van der Waals surface area contributed by atoms with Crippen LogP contribution in [0.1, 0.15) is 25.3 Å². The van der Waals surface area contributed by atoms with Gasteiger partial charge in [-0.15, -0.1) is 0 Å². The lowest BCUT2D eigenvalue weighted by atomic mass is 10.2. The lowest BCUT2D eigenvalue weighted by Gasteiger charge is -2.12. The molecular weight excluding hydrogens is 318 g/mol. The summed E-state index contributed by atoms with van der Waals surface area (Å²) in [4.78, 5) is 4.61. The molecular formula is C16H26ClN3OS. The summed E-state index contributed by atoms with van der Waals surface area (Å²) in [6.45, 7) is 4.40. The maximum Gasteiger partial charge on any atom is 0.191 e. The van der Waals surface area contributed by atoms with Gasteiger partial charge in [0.1, 0.15) is 5.75 Å². The molecule has 0 heterocycles. The number of aliphatic imine (C=N–C) groups is 1. The third-order valence-electron chi connectivity index (χ3n) is 3.07. The summed E-state index contributed by atoms with van der Waals surface area (Å²) >= 11 is 7.86. The van der Waals surface area contributed by atoms with Crippen LogP contribution >= 0.6 is 23.4 Å². The van der Waals surface area contributed by atoms with Crippen molar-refractivity contribution < 1.29 is 4.74 Å². The van der Waals surface area contributed by atoms with E-state index in [9.17, 15) is 0 Å². The summed E-state index contributed by atoms with van der Waals surface area (Å²) in [6.07, 6.45) is 4.51. The van der Waals surface area contributed by atoms with Crippen LogP contribution in [0.4, 0.5) is 0 Å². The van der Waals surface area contributed by atoms with E-state index in [1.54, 1.807) is 7.11 Å². The van der Waals surface area contributed by atoms with Gasteiger partial charge in [0.2, 0.25) is 0 Å². The number of rotatable bonds is 9. The van der Waals surface area contributed by atoms with Crippen LogP contribution in [0.5, 0.6) is 5.75 Å². The van der Waals surface area contributed by atoms with Gasteiger partial charge in [0.25, 0.3) is 0 Å². The Kier molecular flexibility index (Phi) is 9.91. The Labute approximate surface area is 143 Å². The molecule has 2 N–H and O–H groups in total. The van der Waals surface area contributed by atoms with Gasteiger partial charge in [-0.2, -0.15) is 11.8 Å². The summed E-state index contributed by atoms with van der Waals surface area (Å²) in [5.41, 5.74) is 1.02. The Morgan fingerprint density at radius 3 is 2.82 bits per heavy atom. The SMILES string of the molecule is CCNC(=NCc1ccc(Cl)cc1OC)NCCCCSC. The zero-order valence-electron chi connectivity index (χ0n) is 13.6. The molecule has 0 unspecified atom stereocenters. The van der Waals surface area contributed by atoms with Gasteiger partial charge in [-0.05, 0) is 43.9 Å². The number of benzene rings is 1. The predicted octanol–water partition coefficient (Wildman–Crippen LogP) is 3.55. The highest BCUT2D eigenvalue weighted by atomic mass is 35.5. The van der Waals surface area contributed by atoms with E-state index in [2.05, 4.69) is 28.8 Å². The van der Waals surface area contributed by atoms with E-state index in [1.807, 2.05) is 30.0 Å². The quantitative estimate of drug-likeness (QED) is 0.409. The highest BCUT2D eigenvalue weighted by Gasteiger charge is 2.04. The third kappa shape index (κ3) is 7.27. The van der Waals surface area contributed by atoms with Crippen LogP contribution in [0.3, 0.4) is 0 Å². The molecule has 124 valence electrons. The van der Waals surface area contributed by atoms with E-state index >= 15 is 0 Å². The van der Waals surface area contributed by atoms with E-state index in [4.69, 9.17) is 16.3 Å². The summed E-state index contributed by atoms with van der Waals surface area (Å²) in [5.74, 6) is 2.81. The molecule has 0 saturated carbocycles. The van der Waals surface area contributed by atoms with Crippen LogP contribution in [0.15, 0.2) is 23.2 Å². The van der Waals surface area contributed by atoms with Gasteiger partial charge in [0.05, 0.1) is 13.7 Å². The van der Waals surface area contributed by atoms with Gasteiger partial charge in [0.15, 0.2) is 5.96 Å². The second-order valence-electron chi connectivity index (χ2n) is 4.78. The summed E-state index contributed by atoms with van der Waals surface area (Å²) in [6, 6.07) is 5.62. The first kappa shape index (κ1) is 19.0. The molecule has 1 aromatic rings. The second-order valence-corrected chi connectivity index (χ2v) is 6.20. The standard InChI is InChI=1S/C16H26ClN3OS/c1-4-18-16(19-9-5-6-10-22-3)20-12-13-7-8-14(17)11-15(13)21-2/h7-8,11H,4-6,9-10,12H2,1-3H3,(H2,18,19,20). The average molecular weight is 344 g/mol. The zero-order valence-corrected chi connectivity index (χ0v) is 15.2. The van der Waals surface area contributed by atoms with Crippen molar-refractivity contribution in [3.63, 3.8) is 0 Å². The number of halogens is 1. The molecule has 4 nitrogen and oxygen atoms in total. The van der Waals surface area contributed by atoms with Crippen LogP contribution < -0.4 is 15.4 Å². The molecule has 0 bridgehead atoms. The second kappa shape index (κ2) is 11.5. The first-order valence-corrected chi connectivity index (χ1v) is 9.32. The third-order valence-corrected chi connectivity index (χ3v) is 4.00. The number of guanidine groups is 1. The molecule has 0 aromatic heterocycles. The molecule has 1 aromatic carbocycles. The first-order valence-electron chi connectivity index (χ1n) is 7.54. The van der Waals surface area contributed by atoms with Gasteiger partial charge >= 0.3 is 0 Å². The largest absolute Gasteiger partial charge is 0.496 e. The normalized spacial score (nSPS) is 11.4. The Morgan fingerprint density at radius 1 is 1.32 bits per heavy atom. The lowest BCUT2D eigenvalue weighted by Crippen LogP contribution is -2.37. The molecule has 0 aliphatic rings. The van der Waals surface area contributed by atoms with Gasteiger partial charge in [0, 0.05) is 23.7 Å². The number of hydrogen-bond acceptors (Lipinski definition) is 3. The summed E-state index contributed by atoms with van der Waals surface area (Å²) in [5, 5.41) is 7.29. The van der Waals surface area contributed by atoms with E-state index in [0.717, 1.165) is 36.8 Å². The van der Waals surface area contributed by atoms with E-state index in [0.29, 0.717) is 11.6 Å². The van der Waals surface area contributed by atoms with Crippen LogP contribution in [-0.2, 0) is 6.54 Å². The van der Waals surface area contributed by atoms with Crippen molar-refractivity contribution in [2.24, 2.45) is 4.99 Å². The van der Waals surface area contributed by atoms with Crippen LogP contribution in [0.2, 0.25) is 5.02 Å². The minimum atomic E-state index is 0.556. The zero-order chi connectivity index (χ0) is 16.2. The molecule has 6 heteroatoms. The molecule has 0 amide bonds. The van der Waals surface area contributed by atoms with Crippen molar-refractivity contribution in [3.05, 3.63) is 28.8 Å². The fourth-order valence-electron chi connectivity index (χ4n) is 1.93. The van der Waals surface area contributed by atoms with Crippen molar-refractivity contribution in [2.75, 3.05) is 32.2 Å². The maximum absolute atomic E-state index is 5.98. The predicted molar refractivity (Wildman–Crippen MR) is 98.4 cm³/mol. The number of nitrogens with zero attached hydrogens (tertiary/aromatic N) is 1.